The number of benzene rings is 2. The number of anilines is 1. The van der Waals surface area contributed by atoms with Gasteiger partial charge in [-0.2, -0.15) is 4.37 Å². The normalized spacial score (nSPS) is 15.6. The molecule has 0 bridgehead atoms. The molecule has 2 aromatic carbocycles. The molecule has 5 rings (SSSR count). The van der Waals surface area contributed by atoms with Crippen molar-refractivity contribution in [3.63, 3.8) is 0 Å². The zero-order chi connectivity index (χ0) is 22.8. The second-order valence-corrected chi connectivity index (χ2v) is 12.5. The van der Waals surface area contributed by atoms with Gasteiger partial charge < -0.3 is 4.90 Å². The van der Waals surface area contributed by atoms with Gasteiger partial charge in [-0.3, -0.25) is 4.90 Å². The van der Waals surface area contributed by atoms with Crippen LogP contribution in [-0.2, 0) is 10.0 Å². The number of piperazine rings is 1. The van der Waals surface area contributed by atoms with Crippen LogP contribution in [0.2, 0.25) is 5.02 Å². The first kappa shape index (κ1) is 23.0. The first-order valence-electron chi connectivity index (χ1n) is 11.0. The lowest BCUT2D eigenvalue weighted by Gasteiger charge is -2.35. The van der Waals surface area contributed by atoms with Crippen LogP contribution in [0.15, 0.2) is 52.7 Å². The summed E-state index contributed by atoms with van der Waals surface area (Å²) in [7, 11) is -3.49. The summed E-state index contributed by atoms with van der Waals surface area (Å²) in [6.07, 6.45) is 1.77. The quantitative estimate of drug-likeness (QED) is 0.329. The summed E-state index contributed by atoms with van der Waals surface area (Å²) < 4.78 is 35.2. The molecule has 1 aliphatic rings. The van der Waals surface area contributed by atoms with Crippen molar-refractivity contribution in [1.82, 2.24) is 14.0 Å². The Balaban J connectivity index is 1.06. The van der Waals surface area contributed by atoms with Crippen molar-refractivity contribution in [2.75, 3.05) is 44.2 Å². The molecule has 174 valence electrons. The number of thiophene rings is 1. The van der Waals surface area contributed by atoms with Crippen molar-refractivity contribution >= 4 is 70.5 Å². The molecule has 0 amide bonds. The topological polar surface area (TPSA) is 65.5 Å². The maximum atomic E-state index is 12.6. The lowest BCUT2D eigenvalue weighted by molar-refractivity contribution is 0.253. The summed E-state index contributed by atoms with van der Waals surface area (Å²) in [6.45, 7) is 5.37. The number of fused-ring (bicyclic) bond motifs is 2. The summed E-state index contributed by atoms with van der Waals surface area (Å²) in [5.74, 6) is 1.10. The number of sulfonamides is 1. The van der Waals surface area contributed by atoms with Crippen LogP contribution in [0.25, 0.3) is 20.2 Å². The summed E-state index contributed by atoms with van der Waals surface area (Å²) >= 11 is 8.85. The molecule has 0 atom stereocenters. The number of unbranched alkanes of at least 4 members (excludes halogenated alkanes) is 1. The predicted octanol–water partition coefficient (Wildman–Crippen LogP) is 5.05. The fourth-order valence-corrected chi connectivity index (χ4v) is 7.62. The highest BCUT2D eigenvalue weighted by Crippen LogP contribution is 2.31. The molecule has 0 spiro atoms. The van der Waals surface area contributed by atoms with E-state index in [0.29, 0.717) is 15.8 Å². The average Bonchev–Trinajstić information content (AvgIpc) is 3.44. The summed E-state index contributed by atoms with van der Waals surface area (Å²) in [5, 5.41) is 2.71. The number of aromatic nitrogens is 1. The minimum atomic E-state index is -3.49. The Labute approximate surface area is 207 Å². The van der Waals surface area contributed by atoms with Crippen molar-refractivity contribution in [1.29, 1.82) is 0 Å². The molecule has 6 nitrogen and oxygen atoms in total. The molecule has 0 saturated carbocycles. The van der Waals surface area contributed by atoms with E-state index in [0.717, 1.165) is 61.5 Å². The van der Waals surface area contributed by atoms with E-state index in [1.807, 2.05) is 6.07 Å². The molecule has 2 aromatic heterocycles. The Bertz CT molecular complexity index is 1360. The zero-order valence-corrected chi connectivity index (χ0v) is 21.2. The third-order valence-corrected chi connectivity index (χ3v) is 10.0. The van der Waals surface area contributed by atoms with Gasteiger partial charge in [0.05, 0.1) is 4.70 Å². The highest BCUT2D eigenvalue weighted by molar-refractivity contribution is 7.91. The molecule has 3 heterocycles. The van der Waals surface area contributed by atoms with E-state index in [-0.39, 0.29) is 0 Å². The zero-order valence-electron chi connectivity index (χ0n) is 18.0. The summed E-state index contributed by atoms with van der Waals surface area (Å²) in [6, 6.07) is 15.5. The van der Waals surface area contributed by atoms with Gasteiger partial charge in [0, 0.05) is 47.8 Å². The van der Waals surface area contributed by atoms with Crippen molar-refractivity contribution in [3.8, 4) is 0 Å². The molecule has 1 saturated heterocycles. The second-order valence-electron chi connectivity index (χ2n) is 8.18. The molecular weight excluding hydrogens is 496 g/mol. The van der Waals surface area contributed by atoms with Gasteiger partial charge in [-0.25, -0.2) is 13.1 Å². The molecule has 1 aliphatic heterocycles. The molecule has 0 unspecified atom stereocenters. The maximum absolute atomic E-state index is 12.6. The van der Waals surface area contributed by atoms with Gasteiger partial charge in [0.1, 0.15) is 10.0 Å². The Morgan fingerprint density at radius 2 is 1.82 bits per heavy atom. The monoisotopic (exact) mass is 520 g/mol. The third kappa shape index (κ3) is 5.18. The number of hydrogen-bond acceptors (Lipinski definition) is 7. The fraction of sp³-hybridized carbons (Fsp3) is 0.348. The van der Waals surface area contributed by atoms with Crippen LogP contribution < -0.4 is 9.62 Å². The van der Waals surface area contributed by atoms with Gasteiger partial charge in [0.15, 0.2) is 0 Å². The van der Waals surface area contributed by atoms with Crippen LogP contribution in [0.1, 0.15) is 12.8 Å². The molecule has 33 heavy (non-hydrogen) atoms. The van der Waals surface area contributed by atoms with Gasteiger partial charge in [-0.15, -0.1) is 11.3 Å². The van der Waals surface area contributed by atoms with Crippen LogP contribution >= 0.6 is 34.5 Å². The van der Waals surface area contributed by atoms with Gasteiger partial charge in [-0.05, 0) is 72.7 Å². The van der Waals surface area contributed by atoms with Crippen molar-refractivity contribution < 1.29 is 8.42 Å². The summed E-state index contributed by atoms with van der Waals surface area (Å²) in [4.78, 5) is 4.83. The van der Waals surface area contributed by atoms with Crippen molar-refractivity contribution in [2.24, 2.45) is 0 Å². The lowest BCUT2D eigenvalue weighted by atomic mass is 10.2. The Hall–Kier alpha value is -1.75. The average molecular weight is 521 g/mol. The Morgan fingerprint density at radius 3 is 2.67 bits per heavy atom. The Morgan fingerprint density at radius 1 is 1.00 bits per heavy atom. The highest BCUT2D eigenvalue weighted by atomic mass is 35.5. The van der Waals surface area contributed by atoms with Crippen LogP contribution in [0.4, 0.5) is 5.82 Å². The van der Waals surface area contributed by atoms with E-state index < -0.39 is 10.0 Å². The first-order valence-corrected chi connectivity index (χ1v) is 14.5. The molecule has 4 aromatic rings. The van der Waals surface area contributed by atoms with E-state index in [4.69, 9.17) is 11.6 Å². The lowest BCUT2D eigenvalue weighted by Crippen LogP contribution is -2.46. The standard InChI is InChI=1S/C23H25ClN4O2S3/c24-18-7-8-20-17(15-18)16-22(31-20)33(29,30)25-9-3-4-10-27-11-13-28(14-12-27)23-19-5-1-2-6-21(19)32-26-23/h1-2,5-8,15-16,25H,3-4,9-14H2. The maximum Gasteiger partial charge on any atom is 0.250 e. The largest absolute Gasteiger partial charge is 0.353 e. The van der Waals surface area contributed by atoms with Crippen molar-refractivity contribution in [3.05, 3.63) is 53.6 Å². The number of halogens is 1. The van der Waals surface area contributed by atoms with Gasteiger partial charge in [0.2, 0.25) is 10.0 Å². The van der Waals surface area contributed by atoms with Crippen LogP contribution in [0.3, 0.4) is 0 Å². The fourth-order valence-electron chi connectivity index (χ4n) is 4.14. The SMILES string of the molecule is O=S(=O)(NCCCCN1CCN(c2nsc3ccccc23)CC1)c1cc2cc(Cl)ccc2s1. The van der Waals surface area contributed by atoms with Gasteiger partial charge in [-0.1, -0.05) is 23.7 Å². The minimum Gasteiger partial charge on any atom is -0.353 e. The molecule has 0 aliphatic carbocycles. The predicted molar refractivity (Wildman–Crippen MR) is 140 cm³/mol. The first-order chi connectivity index (χ1) is 16.0. The van der Waals surface area contributed by atoms with Gasteiger partial charge in [0.25, 0.3) is 0 Å². The van der Waals surface area contributed by atoms with E-state index in [1.54, 1.807) is 29.7 Å². The minimum absolute atomic E-state index is 0.338. The van der Waals surface area contributed by atoms with E-state index in [1.165, 1.54) is 21.4 Å². The third-order valence-electron chi connectivity index (χ3n) is 5.94. The summed E-state index contributed by atoms with van der Waals surface area (Å²) in [5.41, 5.74) is 0. The second kappa shape index (κ2) is 9.85. The molecule has 1 fully saturated rings. The number of nitrogens with zero attached hydrogens (tertiary/aromatic N) is 3. The number of hydrogen-bond donors (Lipinski definition) is 1. The van der Waals surface area contributed by atoms with Crippen molar-refractivity contribution in [2.45, 2.75) is 17.1 Å². The molecule has 0 radical (unpaired) electrons. The van der Waals surface area contributed by atoms with Gasteiger partial charge >= 0.3 is 0 Å². The van der Waals surface area contributed by atoms with Crippen LogP contribution in [-0.4, -0.2) is 57.0 Å². The van der Waals surface area contributed by atoms with Crippen LogP contribution in [0, 0.1) is 0 Å². The Kier molecular flexibility index (Phi) is 6.87. The molecule has 1 N–H and O–H groups in total. The van der Waals surface area contributed by atoms with E-state index >= 15 is 0 Å². The van der Waals surface area contributed by atoms with E-state index in [2.05, 4.69) is 43.2 Å². The van der Waals surface area contributed by atoms with Crippen LogP contribution in [0.5, 0.6) is 0 Å². The highest BCUT2D eigenvalue weighted by Gasteiger charge is 2.21. The molecular formula is C23H25ClN4O2S3. The number of rotatable bonds is 8. The molecule has 10 heteroatoms. The number of nitrogens with one attached hydrogen (secondary N) is 1. The van der Waals surface area contributed by atoms with E-state index in [9.17, 15) is 8.42 Å². The smallest absolute Gasteiger partial charge is 0.250 e.